The second-order valence-corrected chi connectivity index (χ2v) is 5.05. The first-order chi connectivity index (χ1) is 11.4. The van der Waals surface area contributed by atoms with Gasteiger partial charge in [0.2, 0.25) is 0 Å². The monoisotopic (exact) mass is 324 g/mol. The summed E-state index contributed by atoms with van der Waals surface area (Å²) in [5.74, 6) is 8.57. The average molecular weight is 324 g/mol. The van der Waals surface area contributed by atoms with Gasteiger partial charge in [-0.15, -0.1) is 12.3 Å². The van der Waals surface area contributed by atoms with Gasteiger partial charge in [0.1, 0.15) is 13.2 Å². The lowest BCUT2D eigenvalue weighted by Crippen LogP contribution is -2.11. The van der Waals surface area contributed by atoms with Crippen molar-refractivity contribution in [3.63, 3.8) is 0 Å². The molecule has 4 nitrogen and oxygen atoms in total. The van der Waals surface area contributed by atoms with Crippen LogP contribution >= 0.6 is 0 Å². The van der Waals surface area contributed by atoms with E-state index in [0.29, 0.717) is 52.9 Å². The van der Waals surface area contributed by atoms with Crippen molar-refractivity contribution >= 4 is 0 Å². The van der Waals surface area contributed by atoms with E-state index in [4.69, 9.17) is 25.4 Å². The maximum Gasteiger partial charge on any atom is 0.107 e. The maximum atomic E-state index is 5.37. The Bertz CT molecular complexity index is 324. The van der Waals surface area contributed by atoms with Gasteiger partial charge in [0.15, 0.2) is 0 Å². The van der Waals surface area contributed by atoms with E-state index in [2.05, 4.69) is 24.7 Å². The van der Waals surface area contributed by atoms with Crippen LogP contribution in [0.4, 0.5) is 0 Å². The molecule has 0 atom stereocenters. The summed E-state index contributed by atoms with van der Waals surface area (Å²) in [6.07, 6.45) is 12.5. The number of unbranched alkanes of at least 4 members (excludes halogenated alkanes) is 5. The second kappa shape index (κ2) is 21.0. The van der Waals surface area contributed by atoms with Crippen LogP contribution in [-0.4, -0.2) is 52.9 Å². The lowest BCUT2D eigenvalue weighted by Gasteiger charge is -2.05. The van der Waals surface area contributed by atoms with Crippen LogP contribution in [0.5, 0.6) is 0 Å². The van der Waals surface area contributed by atoms with Gasteiger partial charge in [-0.05, 0) is 6.42 Å². The molecule has 0 aliphatic rings. The number of hydrogen-bond donors (Lipinski definition) is 0. The van der Waals surface area contributed by atoms with Crippen molar-refractivity contribution in [3.8, 4) is 24.2 Å². The van der Waals surface area contributed by atoms with E-state index in [-0.39, 0.29) is 0 Å². The predicted molar refractivity (Wildman–Crippen MR) is 93.3 cm³/mol. The quantitative estimate of drug-likeness (QED) is 0.323. The normalized spacial score (nSPS) is 10.1. The van der Waals surface area contributed by atoms with Gasteiger partial charge in [-0.25, -0.2) is 0 Å². The minimum Gasteiger partial charge on any atom is -0.377 e. The third-order valence-corrected chi connectivity index (χ3v) is 3.01. The minimum atomic E-state index is 0.332. The molecule has 132 valence electrons. The van der Waals surface area contributed by atoms with Gasteiger partial charge < -0.3 is 18.9 Å². The van der Waals surface area contributed by atoms with E-state index < -0.39 is 0 Å². The summed E-state index contributed by atoms with van der Waals surface area (Å²) in [6, 6.07) is 0. The summed E-state index contributed by atoms with van der Waals surface area (Å²) in [5.41, 5.74) is 0. The molecule has 0 radical (unpaired) electrons. The van der Waals surface area contributed by atoms with E-state index in [1.165, 1.54) is 32.1 Å². The molecule has 0 aliphatic heterocycles. The number of ether oxygens (including phenoxy) is 4. The second-order valence-electron chi connectivity index (χ2n) is 5.05. The zero-order valence-electron chi connectivity index (χ0n) is 14.6. The molecule has 0 aliphatic carbocycles. The molecular weight excluding hydrogens is 292 g/mol. The molecule has 0 unspecified atom stereocenters. The molecule has 0 fully saturated rings. The third-order valence-electron chi connectivity index (χ3n) is 3.01. The molecule has 4 heteroatoms. The van der Waals surface area contributed by atoms with Gasteiger partial charge in [0.25, 0.3) is 0 Å². The standard InChI is InChI=1S/C19H32O4/c1-3-5-6-7-8-9-10-11-13-21-15-17-23-19-18-22-16-14-20-12-4-2/h2H,3,5-9,12-19H2,1H3. The SMILES string of the molecule is C#CCOCCOCCOCCOCC#CCCCCCCC. The summed E-state index contributed by atoms with van der Waals surface area (Å²) in [7, 11) is 0. The van der Waals surface area contributed by atoms with E-state index in [0.717, 1.165) is 6.42 Å². The Morgan fingerprint density at radius 2 is 1.22 bits per heavy atom. The van der Waals surface area contributed by atoms with E-state index in [9.17, 15) is 0 Å². The first kappa shape index (κ1) is 22.0. The fourth-order valence-electron chi connectivity index (χ4n) is 1.77. The van der Waals surface area contributed by atoms with Crippen LogP contribution in [0, 0.1) is 24.2 Å². The highest BCUT2D eigenvalue weighted by atomic mass is 16.6. The van der Waals surface area contributed by atoms with E-state index in [1.807, 2.05) is 0 Å². The highest BCUT2D eigenvalue weighted by Crippen LogP contribution is 2.03. The van der Waals surface area contributed by atoms with Crippen molar-refractivity contribution in [3.05, 3.63) is 0 Å². The fourth-order valence-corrected chi connectivity index (χ4v) is 1.77. The zero-order chi connectivity index (χ0) is 16.8. The molecule has 23 heavy (non-hydrogen) atoms. The molecule has 0 spiro atoms. The van der Waals surface area contributed by atoms with Gasteiger partial charge in [-0.1, -0.05) is 44.4 Å². The molecule has 0 bridgehead atoms. The first-order valence-electron chi connectivity index (χ1n) is 8.62. The Morgan fingerprint density at radius 1 is 0.652 bits per heavy atom. The third kappa shape index (κ3) is 21.0. The van der Waals surface area contributed by atoms with Gasteiger partial charge in [-0.3, -0.25) is 0 Å². The minimum absolute atomic E-state index is 0.332. The van der Waals surface area contributed by atoms with Gasteiger partial charge in [0.05, 0.1) is 39.6 Å². The van der Waals surface area contributed by atoms with Gasteiger partial charge >= 0.3 is 0 Å². The molecule has 0 saturated heterocycles. The zero-order valence-corrected chi connectivity index (χ0v) is 14.6. The van der Waals surface area contributed by atoms with Crippen molar-refractivity contribution in [2.24, 2.45) is 0 Å². The lowest BCUT2D eigenvalue weighted by molar-refractivity contribution is 0.00486. The van der Waals surface area contributed by atoms with Crippen LogP contribution in [0.3, 0.4) is 0 Å². The summed E-state index contributed by atoms with van der Waals surface area (Å²) < 4.78 is 21.1. The Morgan fingerprint density at radius 3 is 1.83 bits per heavy atom. The topological polar surface area (TPSA) is 36.9 Å². The molecule has 0 saturated carbocycles. The van der Waals surface area contributed by atoms with Crippen LogP contribution in [0.2, 0.25) is 0 Å². The fraction of sp³-hybridized carbons (Fsp3) is 0.789. The molecule has 0 rings (SSSR count). The number of hydrogen-bond acceptors (Lipinski definition) is 4. The molecular formula is C19H32O4. The summed E-state index contributed by atoms with van der Waals surface area (Å²) in [5, 5.41) is 0. The van der Waals surface area contributed by atoms with Crippen LogP contribution in [0.1, 0.15) is 45.4 Å². The molecule has 0 aromatic carbocycles. The highest BCUT2D eigenvalue weighted by molar-refractivity contribution is 4.98. The Kier molecular flexibility index (Phi) is 20.0. The van der Waals surface area contributed by atoms with Gasteiger partial charge in [0, 0.05) is 6.42 Å². The van der Waals surface area contributed by atoms with Crippen molar-refractivity contribution in [1.29, 1.82) is 0 Å². The Labute approximate surface area is 142 Å². The van der Waals surface area contributed by atoms with Crippen molar-refractivity contribution in [2.75, 3.05) is 52.9 Å². The van der Waals surface area contributed by atoms with E-state index in [1.54, 1.807) is 0 Å². The lowest BCUT2D eigenvalue weighted by atomic mass is 10.1. The van der Waals surface area contributed by atoms with Crippen molar-refractivity contribution in [2.45, 2.75) is 45.4 Å². The predicted octanol–water partition coefficient (Wildman–Crippen LogP) is 3.05. The van der Waals surface area contributed by atoms with Crippen molar-refractivity contribution < 1.29 is 18.9 Å². The van der Waals surface area contributed by atoms with Gasteiger partial charge in [-0.2, -0.15) is 0 Å². The Balaban J connectivity index is 3.06. The van der Waals surface area contributed by atoms with Crippen LogP contribution in [-0.2, 0) is 18.9 Å². The smallest absolute Gasteiger partial charge is 0.107 e. The Hall–Kier alpha value is -1.04. The largest absolute Gasteiger partial charge is 0.377 e. The summed E-state index contributed by atoms with van der Waals surface area (Å²) in [4.78, 5) is 0. The number of terminal acetylenes is 1. The molecule has 0 amide bonds. The van der Waals surface area contributed by atoms with Crippen molar-refractivity contribution in [1.82, 2.24) is 0 Å². The number of rotatable bonds is 16. The van der Waals surface area contributed by atoms with Crippen LogP contribution in [0.25, 0.3) is 0 Å². The summed E-state index contributed by atoms with van der Waals surface area (Å²) >= 11 is 0. The molecule has 0 aromatic rings. The molecule has 0 heterocycles. The maximum absolute atomic E-state index is 5.37. The first-order valence-corrected chi connectivity index (χ1v) is 8.62. The van der Waals surface area contributed by atoms with Crippen LogP contribution in [0.15, 0.2) is 0 Å². The molecule has 0 aromatic heterocycles. The highest BCUT2D eigenvalue weighted by Gasteiger charge is 1.91. The summed E-state index contributed by atoms with van der Waals surface area (Å²) in [6.45, 7) is 6.34. The molecule has 0 N–H and O–H groups in total. The van der Waals surface area contributed by atoms with E-state index >= 15 is 0 Å². The van der Waals surface area contributed by atoms with Crippen LogP contribution < -0.4 is 0 Å². The average Bonchev–Trinajstić information content (AvgIpc) is 2.57.